The van der Waals surface area contributed by atoms with Crippen LogP contribution in [0.15, 0.2) is 42.5 Å². The summed E-state index contributed by atoms with van der Waals surface area (Å²) in [4.78, 5) is 27.5. The molecule has 2 aromatic carbocycles. The highest BCUT2D eigenvalue weighted by atomic mass is 16.6. The van der Waals surface area contributed by atoms with Crippen LogP contribution in [-0.2, 0) is 6.54 Å². The maximum atomic E-state index is 12.7. The summed E-state index contributed by atoms with van der Waals surface area (Å²) in [7, 11) is 0. The van der Waals surface area contributed by atoms with E-state index < -0.39 is 0 Å². The van der Waals surface area contributed by atoms with E-state index in [2.05, 4.69) is 4.90 Å². The number of para-hydroxylation sites is 1. The van der Waals surface area contributed by atoms with Gasteiger partial charge >= 0.3 is 0 Å². The fourth-order valence-electron chi connectivity index (χ4n) is 3.23. The summed E-state index contributed by atoms with van der Waals surface area (Å²) in [6, 6.07) is 12.6. The van der Waals surface area contributed by atoms with Crippen molar-refractivity contribution in [1.29, 1.82) is 0 Å². The Hall–Kier alpha value is -2.73. The molecule has 6 nitrogen and oxygen atoms in total. The average molecular weight is 353 g/mol. The van der Waals surface area contributed by atoms with Crippen molar-refractivity contribution in [1.82, 2.24) is 9.80 Å². The van der Waals surface area contributed by atoms with E-state index in [0.29, 0.717) is 38.3 Å². The molecule has 1 fully saturated rings. The molecule has 0 unspecified atom stereocenters. The molecule has 1 aliphatic heterocycles. The second kappa shape index (κ2) is 7.66. The third-order valence-corrected chi connectivity index (χ3v) is 5.00. The molecule has 2 aromatic rings. The monoisotopic (exact) mass is 353 g/mol. The minimum absolute atomic E-state index is 0.0541. The van der Waals surface area contributed by atoms with E-state index in [9.17, 15) is 14.9 Å². The molecule has 0 bridgehead atoms. The van der Waals surface area contributed by atoms with Gasteiger partial charge in [-0.25, -0.2) is 0 Å². The summed E-state index contributed by atoms with van der Waals surface area (Å²) < 4.78 is 0. The van der Waals surface area contributed by atoms with Crippen LogP contribution in [0.5, 0.6) is 0 Å². The van der Waals surface area contributed by atoms with Crippen molar-refractivity contribution in [3.05, 3.63) is 74.8 Å². The highest BCUT2D eigenvalue weighted by molar-refractivity contribution is 5.94. The van der Waals surface area contributed by atoms with Crippen molar-refractivity contribution in [3.63, 3.8) is 0 Å². The van der Waals surface area contributed by atoms with Crippen molar-refractivity contribution in [2.75, 3.05) is 26.2 Å². The Kier molecular flexibility index (Phi) is 5.32. The molecule has 0 spiro atoms. The lowest BCUT2D eigenvalue weighted by Crippen LogP contribution is -2.48. The first-order chi connectivity index (χ1) is 12.5. The number of aryl methyl sites for hydroxylation is 2. The lowest BCUT2D eigenvalue weighted by Gasteiger charge is -2.34. The highest BCUT2D eigenvalue weighted by Crippen LogP contribution is 2.20. The molecular weight excluding hydrogens is 330 g/mol. The summed E-state index contributed by atoms with van der Waals surface area (Å²) in [5.41, 5.74) is 3.88. The topological polar surface area (TPSA) is 66.7 Å². The van der Waals surface area contributed by atoms with Crippen molar-refractivity contribution >= 4 is 11.6 Å². The van der Waals surface area contributed by atoms with Gasteiger partial charge in [0.15, 0.2) is 0 Å². The van der Waals surface area contributed by atoms with E-state index in [1.807, 2.05) is 43.0 Å². The normalized spacial score (nSPS) is 15.1. The van der Waals surface area contributed by atoms with Crippen LogP contribution in [0, 0.1) is 24.0 Å². The van der Waals surface area contributed by atoms with Crippen molar-refractivity contribution in [3.8, 4) is 0 Å². The van der Waals surface area contributed by atoms with Crippen LogP contribution in [0.4, 0.5) is 5.69 Å². The smallest absolute Gasteiger partial charge is 0.273 e. The van der Waals surface area contributed by atoms with Gasteiger partial charge in [0.1, 0.15) is 0 Å². The Morgan fingerprint density at radius 3 is 2.38 bits per heavy atom. The predicted molar refractivity (Wildman–Crippen MR) is 100 cm³/mol. The summed E-state index contributed by atoms with van der Waals surface area (Å²) in [5, 5.41) is 11.1. The van der Waals surface area contributed by atoms with Crippen LogP contribution in [-0.4, -0.2) is 46.8 Å². The third kappa shape index (κ3) is 3.91. The number of nitrogens with zero attached hydrogens (tertiary/aromatic N) is 3. The second-order valence-corrected chi connectivity index (χ2v) is 6.75. The lowest BCUT2D eigenvalue weighted by molar-refractivity contribution is -0.385. The van der Waals surface area contributed by atoms with Gasteiger partial charge in [-0.15, -0.1) is 0 Å². The van der Waals surface area contributed by atoms with Crippen LogP contribution in [0.25, 0.3) is 0 Å². The molecule has 1 heterocycles. The standard InChI is InChI=1S/C20H23N3O3/c1-15-7-8-17(13-16(15)2)20(24)22-11-9-21(10-12-22)14-18-5-3-4-6-19(18)23(25)26/h3-8,13H,9-12,14H2,1-2H3. The number of hydrogen-bond acceptors (Lipinski definition) is 4. The Morgan fingerprint density at radius 1 is 1.04 bits per heavy atom. The van der Waals surface area contributed by atoms with Crippen LogP contribution >= 0.6 is 0 Å². The van der Waals surface area contributed by atoms with E-state index in [4.69, 9.17) is 0 Å². The van der Waals surface area contributed by atoms with Gasteiger partial charge in [-0.05, 0) is 37.1 Å². The molecule has 136 valence electrons. The quantitative estimate of drug-likeness (QED) is 0.625. The van der Waals surface area contributed by atoms with Gasteiger partial charge in [0.2, 0.25) is 0 Å². The van der Waals surface area contributed by atoms with Gasteiger partial charge in [0, 0.05) is 49.9 Å². The molecule has 0 saturated carbocycles. The Morgan fingerprint density at radius 2 is 1.73 bits per heavy atom. The van der Waals surface area contributed by atoms with Gasteiger partial charge in [-0.2, -0.15) is 0 Å². The molecule has 26 heavy (non-hydrogen) atoms. The summed E-state index contributed by atoms with van der Waals surface area (Å²) >= 11 is 0. The van der Waals surface area contributed by atoms with Crippen LogP contribution in [0.1, 0.15) is 27.0 Å². The second-order valence-electron chi connectivity index (χ2n) is 6.75. The van der Waals surface area contributed by atoms with Gasteiger partial charge < -0.3 is 4.90 Å². The Balaban J connectivity index is 1.61. The third-order valence-electron chi connectivity index (χ3n) is 5.00. The van der Waals surface area contributed by atoms with Crippen LogP contribution in [0.2, 0.25) is 0 Å². The minimum Gasteiger partial charge on any atom is -0.336 e. The number of nitro groups is 1. The number of carbonyl (C=O) groups excluding carboxylic acids is 1. The maximum absolute atomic E-state index is 12.7. The average Bonchev–Trinajstić information content (AvgIpc) is 2.64. The van der Waals surface area contributed by atoms with Crippen LogP contribution in [0.3, 0.4) is 0 Å². The van der Waals surface area contributed by atoms with E-state index in [-0.39, 0.29) is 16.5 Å². The van der Waals surface area contributed by atoms with Crippen molar-refractivity contribution in [2.24, 2.45) is 0 Å². The van der Waals surface area contributed by atoms with Gasteiger partial charge in [0.05, 0.1) is 4.92 Å². The number of hydrogen-bond donors (Lipinski definition) is 0. The zero-order valence-electron chi connectivity index (χ0n) is 15.1. The number of benzene rings is 2. The SMILES string of the molecule is Cc1ccc(C(=O)N2CCN(Cc3ccccc3[N+](=O)[O-])CC2)cc1C. The van der Waals surface area contributed by atoms with E-state index >= 15 is 0 Å². The lowest BCUT2D eigenvalue weighted by atomic mass is 10.1. The number of amides is 1. The van der Waals surface area contributed by atoms with E-state index in [0.717, 1.165) is 11.1 Å². The number of nitro benzene ring substituents is 1. The predicted octanol–water partition coefficient (Wildman–Crippen LogP) is 3.17. The summed E-state index contributed by atoms with van der Waals surface area (Å²) in [5.74, 6) is 0.0541. The number of carbonyl (C=O) groups is 1. The first-order valence-electron chi connectivity index (χ1n) is 8.77. The molecule has 1 aliphatic rings. The highest BCUT2D eigenvalue weighted by Gasteiger charge is 2.24. The largest absolute Gasteiger partial charge is 0.336 e. The Labute approximate surface area is 153 Å². The van der Waals surface area contributed by atoms with Crippen LogP contribution < -0.4 is 0 Å². The molecule has 1 amide bonds. The minimum atomic E-state index is -0.338. The van der Waals surface area contributed by atoms with Crippen molar-refractivity contribution < 1.29 is 9.72 Å². The zero-order chi connectivity index (χ0) is 18.7. The molecule has 0 radical (unpaired) electrons. The maximum Gasteiger partial charge on any atom is 0.273 e. The summed E-state index contributed by atoms with van der Waals surface area (Å²) in [6.07, 6.45) is 0. The zero-order valence-corrected chi connectivity index (χ0v) is 15.1. The fraction of sp³-hybridized carbons (Fsp3) is 0.350. The molecular formula is C20H23N3O3. The van der Waals surface area contributed by atoms with Gasteiger partial charge in [-0.1, -0.05) is 24.3 Å². The first kappa shape index (κ1) is 18.1. The fourth-order valence-corrected chi connectivity index (χ4v) is 3.23. The first-order valence-corrected chi connectivity index (χ1v) is 8.77. The molecule has 6 heteroatoms. The molecule has 0 atom stereocenters. The van der Waals surface area contributed by atoms with E-state index in [1.165, 1.54) is 11.6 Å². The Bertz CT molecular complexity index is 827. The van der Waals surface area contributed by atoms with Crippen molar-refractivity contribution in [2.45, 2.75) is 20.4 Å². The number of piperazine rings is 1. The molecule has 0 aliphatic carbocycles. The van der Waals surface area contributed by atoms with Gasteiger partial charge in [-0.3, -0.25) is 19.8 Å². The molecule has 3 rings (SSSR count). The summed E-state index contributed by atoms with van der Waals surface area (Å²) in [6.45, 7) is 7.26. The van der Waals surface area contributed by atoms with Gasteiger partial charge in [0.25, 0.3) is 11.6 Å². The number of rotatable bonds is 4. The molecule has 1 saturated heterocycles. The van der Waals surface area contributed by atoms with E-state index in [1.54, 1.807) is 12.1 Å². The molecule has 0 aromatic heterocycles. The molecule has 0 N–H and O–H groups in total.